The van der Waals surface area contributed by atoms with E-state index in [9.17, 15) is 14.7 Å². The third kappa shape index (κ3) is 4.80. The van der Waals surface area contributed by atoms with E-state index in [1.807, 2.05) is 48.5 Å². The van der Waals surface area contributed by atoms with Crippen LogP contribution in [0.15, 0.2) is 73.1 Å². The van der Waals surface area contributed by atoms with Crippen LogP contribution in [0.3, 0.4) is 0 Å². The molecular weight excluding hydrogens is 466 g/mol. The van der Waals surface area contributed by atoms with Crippen molar-refractivity contribution in [3.8, 4) is 22.4 Å². The Kier molecular flexibility index (Phi) is 6.95. The number of fused-ring (bicyclic) bond motifs is 1. The van der Waals surface area contributed by atoms with Gasteiger partial charge in [0.25, 0.3) is 5.91 Å². The number of halogens is 1. The molecular formula is C26H24ClN5O3. The topological polar surface area (TPSA) is 121 Å². The largest absolute Gasteiger partial charge is 0.481 e. The lowest BCUT2D eigenvalue weighted by Gasteiger charge is -2.18. The number of nitrogens with zero attached hydrogens (tertiary/aromatic N) is 3. The summed E-state index contributed by atoms with van der Waals surface area (Å²) in [6, 6.07) is 19.6. The molecule has 4 N–H and O–H groups in total. The number of pyridine rings is 2. The summed E-state index contributed by atoms with van der Waals surface area (Å²) in [5, 5.41) is 9.86. The van der Waals surface area contributed by atoms with E-state index in [0.29, 0.717) is 35.1 Å². The van der Waals surface area contributed by atoms with E-state index in [4.69, 9.17) is 10.8 Å². The smallest absolute Gasteiger partial charge is 0.308 e. The number of nitrogens with one attached hydrogen (secondary N) is 1. The van der Waals surface area contributed by atoms with E-state index in [2.05, 4.69) is 15.3 Å². The number of benzene rings is 2. The second kappa shape index (κ2) is 10.1. The number of carbonyl (C=O) groups is 2. The molecule has 35 heavy (non-hydrogen) atoms. The zero-order valence-corrected chi connectivity index (χ0v) is 19.5. The summed E-state index contributed by atoms with van der Waals surface area (Å²) < 4.78 is 0. The van der Waals surface area contributed by atoms with Crippen molar-refractivity contribution >= 4 is 40.9 Å². The van der Waals surface area contributed by atoms with E-state index in [-0.39, 0.29) is 18.3 Å². The minimum absolute atomic E-state index is 0. The standard InChI is InChI=1S/C26H23N5O3.ClH/c27-30-25(32)21-13-24(29-23-9-11-28-14-22(21)23)18-3-1-16(2-4-18)17-5-7-20(8-6-17)31-12-10-19(15-31)26(33)34;/h1-9,11,13-14,19H,10,12,15,27H2,(H,30,32)(H,33,34);1H. The third-order valence-corrected chi connectivity index (χ3v) is 6.27. The van der Waals surface area contributed by atoms with Crippen LogP contribution in [0, 0.1) is 5.92 Å². The number of carboxylic acid groups (broad SMARTS) is 1. The molecule has 0 radical (unpaired) electrons. The summed E-state index contributed by atoms with van der Waals surface area (Å²) in [6.07, 6.45) is 3.92. The second-order valence-corrected chi connectivity index (χ2v) is 8.32. The van der Waals surface area contributed by atoms with Crippen molar-refractivity contribution in [1.82, 2.24) is 15.4 Å². The molecule has 3 heterocycles. The van der Waals surface area contributed by atoms with Gasteiger partial charge >= 0.3 is 5.97 Å². The van der Waals surface area contributed by atoms with Crippen molar-refractivity contribution < 1.29 is 14.7 Å². The minimum Gasteiger partial charge on any atom is -0.481 e. The molecule has 0 aliphatic carbocycles. The van der Waals surface area contributed by atoms with Crippen LogP contribution >= 0.6 is 12.4 Å². The normalized spacial score (nSPS) is 15.0. The predicted molar refractivity (Wildman–Crippen MR) is 137 cm³/mol. The Labute approximate surface area is 208 Å². The van der Waals surface area contributed by atoms with Gasteiger partial charge in [0, 0.05) is 42.1 Å². The highest BCUT2D eigenvalue weighted by atomic mass is 35.5. The van der Waals surface area contributed by atoms with Crippen LogP contribution in [-0.2, 0) is 4.79 Å². The van der Waals surface area contributed by atoms with Gasteiger partial charge in [-0.05, 0) is 41.8 Å². The number of anilines is 1. The summed E-state index contributed by atoms with van der Waals surface area (Å²) >= 11 is 0. The van der Waals surface area contributed by atoms with Crippen molar-refractivity contribution in [2.75, 3.05) is 18.0 Å². The van der Waals surface area contributed by atoms with Gasteiger partial charge in [-0.3, -0.25) is 20.0 Å². The number of rotatable bonds is 5. The zero-order valence-electron chi connectivity index (χ0n) is 18.7. The summed E-state index contributed by atoms with van der Waals surface area (Å²) in [5.74, 6) is 3.94. The molecule has 0 saturated carbocycles. The van der Waals surface area contributed by atoms with Crippen LogP contribution in [0.2, 0.25) is 0 Å². The SMILES string of the molecule is Cl.NNC(=O)c1cc(-c2ccc(-c3ccc(N4CCC(C(=O)O)C4)cc3)cc2)nc2ccncc12. The number of carboxylic acids is 1. The van der Waals surface area contributed by atoms with Gasteiger partial charge in [0.05, 0.1) is 22.7 Å². The minimum atomic E-state index is -0.729. The first-order valence-corrected chi connectivity index (χ1v) is 11.0. The number of aliphatic carboxylic acids is 1. The molecule has 9 heteroatoms. The fourth-order valence-electron chi connectivity index (χ4n) is 4.38. The van der Waals surface area contributed by atoms with Crippen molar-refractivity contribution in [2.45, 2.75) is 6.42 Å². The summed E-state index contributed by atoms with van der Waals surface area (Å²) in [4.78, 5) is 34.4. The van der Waals surface area contributed by atoms with Gasteiger partial charge in [-0.2, -0.15) is 0 Å². The average Bonchev–Trinajstić information content (AvgIpc) is 3.39. The highest BCUT2D eigenvalue weighted by molar-refractivity contribution is 6.06. The van der Waals surface area contributed by atoms with Crippen LogP contribution in [-0.4, -0.2) is 40.0 Å². The number of aromatic nitrogens is 2. The highest BCUT2D eigenvalue weighted by Gasteiger charge is 2.28. The maximum absolute atomic E-state index is 12.3. The van der Waals surface area contributed by atoms with E-state index in [0.717, 1.165) is 28.9 Å². The maximum Gasteiger partial charge on any atom is 0.308 e. The summed E-state index contributed by atoms with van der Waals surface area (Å²) in [5.41, 5.74) is 7.95. The van der Waals surface area contributed by atoms with E-state index in [1.54, 1.807) is 24.5 Å². The van der Waals surface area contributed by atoms with Crippen LogP contribution in [0.4, 0.5) is 5.69 Å². The zero-order chi connectivity index (χ0) is 23.7. The fourth-order valence-corrected chi connectivity index (χ4v) is 4.38. The van der Waals surface area contributed by atoms with Gasteiger partial charge in [0.2, 0.25) is 0 Å². The van der Waals surface area contributed by atoms with Gasteiger partial charge in [-0.25, -0.2) is 10.8 Å². The molecule has 1 aliphatic heterocycles. The molecule has 4 aromatic rings. The van der Waals surface area contributed by atoms with Gasteiger partial charge in [-0.15, -0.1) is 12.4 Å². The number of hydrogen-bond donors (Lipinski definition) is 3. The Bertz CT molecular complexity index is 1380. The van der Waals surface area contributed by atoms with E-state index >= 15 is 0 Å². The third-order valence-electron chi connectivity index (χ3n) is 6.27. The van der Waals surface area contributed by atoms with Crippen molar-refractivity contribution in [1.29, 1.82) is 0 Å². The molecule has 1 saturated heterocycles. The quantitative estimate of drug-likeness (QED) is 0.221. The number of nitrogen functional groups attached to an aromatic ring is 1. The molecule has 1 fully saturated rings. The Balaban J connectivity index is 0.00000289. The molecule has 1 atom stereocenters. The molecule has 5 rings (SSSR count). The van der Waals surface area contributed by atoms with E-state index < -0.39 is 11.9 Å². The summed E-state index contributed by atoms with van der Waals surface area (Å²) in [7, 11) is 0. The lowest BCUT2D eigenvalue weighted by atomic mass is 10.0. The molecule has 1 aliphatic rings. The van der Waals surface area contributed by atoms with Crippen LogP contribution in [0.25, 0.3) is 33.3 Å². The highest BCUT2D eigenvalue weighted by Crippen LogP contribution is 2.30. The fraction of sp³-hybridized carbons (Fsp3) is 0.154. The first-order chi connectivity index (χ1) is 16.5. The van der Waals surface area contributed by atoms with Gasteiger partial charge in [-0.1, -0.05) is 36.4 Å². The molecule has 8 nitrogen and oxygen atoms in total. The van der Waals surface area contributed by atoms with Crippen LogP contribution < -0.4 is 16.2 Å². The monoisotopic (exact) mass is 489 g/mol. The number of carbonyl (C=O) groups excluding carboxylic acids is 1. The maximum atomic E-state index is 12.3. The van der Waals surface area contributed by atoms with Gasteiger partial charge in [0.15, 0.2) is 0 Å². The first kappa shape index (κ1) is 24.1. The Morgan fingerprint density at radius 2 is 1.66 bits per heavy atom. The molecule has 0 bridgehead atoms. The Morgan fingerprint density at radius 3 is 2.29 bits per heavy atom. The van der Waals surface area contributed by atoms with E-state index in [1.165, 1.54) is 0 Å². The molecule has 1 unspecified atom stereocenters. The number of nitrogens with two attached hydrogens (primary N) is 1. The van der Waals surface area contributed by atoms with Crippen LogP contribution in [0.5, 0.6) is 0 Å². The Morgan fingerprint density at radius 1 is 1.00 bits per heavy atom. The van der Waals surface area contributed by atoms with Crippen molar-refractivity contribution in [2.24, 2.45) is 11.8 Å². The lowest BCUT2D eigenvalue weighted by Crippen LogP contribution is -2.30. The molecule has 1 amide bonds. The molecule has 0 spiro atoms. The molecule has 178 valence electrons. The van der Waals surface area contributed by atoms with Crippen molar-refractivity contribution in [3.63, 3.8) is 0 Å². The molecule has 2 aromatic heterocycles. The average molecular weight is 490 g/mol. The number of amides is 1. The number of hydrogen-bond acceptors (Lipinski definition) is 6. The Hall–Kier alpha value is -4.01. The van der Waals surface area contributed by atoms with Crippen LogP contribution in [0.1, 0.15) is 16.8 Å². The van der Waals surface area contributed by atoms with Crippen molar-refractivity contribution in [3.05, 3.63) is 78.6 Å². The second-order valence-electron chi connectivity index (χ2n) is 8.32. The summed E-state index contributed by atoms with van der Waals surface area (Å²) in [6.45, 7) is 1.30. The van der Waals surface area contributed by atoms with Gasteiger partial charge < -0.3 is 10.0 Å². The number of hydrazine groups is 1. The molecule has 2 aromatic carbocycles. The predicted octanol–water partition coefficient (Wildman–Crippen LogP) is 3.90. The lowest BCUT2D eigenvalue weighted by molar-refractivity contribution is -0.140. The first-order valence-electron chi connectivity index (χ1n) is 11.0. The van der Waals surface area contributed by atoms with Gasteiger partial charge in [0.1, 0.15) is 0 Å².